The van der Waals surface area contributed by atoms with Gasteiger partial charge in [-0.05, 0) is 31.2 Å². The third-order valence-electron chi connectivity index (χ3n) is 2.59. The summed E-state index contributed by atoms with van der Waals surface area (Å²) in [6.07, 6.45) is 3.86. The van der Waals surface area contributed by atoms with Crippen molar-refractivity contribution in [1.82, 2.24) is 10.1 Å². The summed E-state index contributed by atoms with van der Waals surface area (Å²) in [6.45, 7) is 7.21. The van der Waals surface area contributed by atoms with E-state index in [1.165, 1.54) is 0 Å². The maximum Gasteiger partial charge on any atom is 0.226 e. The van der Waals surface area contributed by atoms with Crippen LogP contribution in [0.3, 0.4) is 0 Å². The van der Waals surface area contributed by atoms with Crippen molar-refractivity contribution in [3.63, 3.8) is 0 Å². The minimum Gasteiger partial charge on any atom is -0.339 e. The van der Waals surface area contributed by atoms with Gasteiger partial charge in [-0.1, -0.05) is 25.9 Å². The van der Waals surface area contributed by atoms with Crippen LogP contribution >= 0.6 is 0 Å². The molecule has 0 spiro atoms. The van der Waals surface area contributed by atoms with Crippen LogP contribution in [0.25, 0.3) is 0 Å². The van der Waals surface area contributed by atoms with Crippen LogP contribution in [0, 0.1) is 11.8 Å². The molecule has 4 heteroatoms. The molecule has 0 radical (unpaired) electrons. The van der Waals surface area contributed by atoms with E-state index in [9.17, 15) is 0 Å². The van der Waals surface area contributed by atoms with Gasteiger partial charge in [0.05, 0.1) is 0 Å². The molecule has 1 rings (SSSR count). The summed E-state index contributed by atoms with van der Waals surface area (Å²) in [5, 5.41) is 3.95. The largest absolute Gasteiger partial charge is 0.339 e. The molecule has 0 aliphatic carbocycles. The number of rotatable bonds is 7. The molecule has 1 unspecified atom stereocenters. The molecule has 1 aromatic rings. The van der Waals surface area contributed by atoms with Crippen molar-refractivity contribution in [3.8, 4) is 0 Å². The molecule has 1 heterocycles. The molecule has 1 aromatic heterocycles. The average Bonchev–Trinajstić information content (AvgIpc) is 2.64. The number of nitrogens with two attached hydrogens (primary N) is 1. The van der Waals surface area contributed by atoms with Crippen molar-refractivity contribution in [1.29, 1.82) is 0 Å². The first-order valence-electron chi connectivity index (χ1n) is 6.17. The normalized spacial score (nSPS) is 13.3. The Morgan fingerprint density at radius 3 is 2.69 bits per heavy atom. The summed E-state index contributed by atoms with van der Waals surface area (Å²) in [6, 6.07) is 0. The number of hydrogen-bond acceptors (Lipinski definition) is 4. The highest BCUT2D eigenvalue weighted by atomic mass is 16.5. The van der Waals surface area contributed by atoms with Gasteiger partial charge in [-0.15, -0.1) is 0 Å². The zero-order chi connectivity index (χ0) is 12.0. The lowest BCUT2D eigenvalue weighted by molar-refractivity contribution is 0.329. The molecule has 0 bridgehead atoms. The van der Waals surface area contributed by atoms with Crippen molar-refractivity contribution in [2.75, 3.05) is 6.54 Å². The fourth-order valence-corrected chi connectivity index (χ4v) is 1.87. The zero-order valence-electron chi connectivity index (χ0n) is 10.6. The molecular formula is C12H23N3O. The maximum absolute atomic E-state index is 5.74. The van der Waals surface area contributed by atoms with E-state index in [0.717, 1.165) is 37.4 Å². The van der Waals surface area contributed by atoms with E-state index in [4.69, 9.17) is 10.3 Å². The summed E-state index contributed by atoms with van der Waals surface area (Å²) in [5.74, 6) is 2.67. The van der Waals surface area contributed by atoms with Crippen LogP contribution in [0.2, 0.25) is 0 Å². The monoisotopic (exact) mass is 225 g/mol. The van der Waals surface area contributed by atoms with E-state index in [1.807, 2.05) is 0 Å². The second-order valence-corrected chi connectivity index (χ2v) is 4.79. The van der Waals surface area contributed by atoms with Gasteiger partial charge in [0.25, 0.3) is 0 Å². The van der Waals surface area contributed by atoms with Crippen molar-refractivity contribution in [2.24, 2.45) is 17.6 Å². The average molecular weight is 225 g/mol. The number of aromatic nitrogens is 2. The van der Waals surface area contributed by atoms with E-state index in [1.54, 1.807) is 0 Å². The summed E-state index contributed by atoms with van der Waals surface area (Å²) in [5.41, 5.74) is 5.74. The van der Waals surface area contributed by atoms with Gasteiger partial charge in [0.15, 0.2) is 5.82 Å². The Hall–Kier alpha value is -0.900. The van der Waals surface area contributed by atoms with Gasteiger partial charge in [-0.25, -0.2) is 0 Å². The van der Waals surface area contributed by atoms with Crippen LogP contribution in [0.15, 0.2) is 4.52 Å². The Labute approximate surface area is 97.6 Å². The molecule has 92 valence electrons. The molecule has 16 heavy (non-hydrogen) atoms. The van der Waals surface area contributed by atoms with Gasteiger partial charge in [0.2, 0.25) is 5.89 Å². The van der Waals surface area contributed by atoms with E-state index in [2.05, 4.69) is 30.9 Å². The summed E-state index contributed by atoms with van der Waals surface area (Å²) in [4.78, 5) is 4.36. The molecule has 0 fully saturated rings. The minimum atomic E-state index is 0.454. The SMILES string of the molecule is CCCc1noc(CC(CN)CC(C)C)n1. The van der Waals surface area contributed by atoms with Gasteiger partial charge in [-0.3, -0.25) is 0 Å². The van der Waals surface area contributed by atoms with Gasteiger partial charge in [0.1, 0.15) is 0 Å². The van der Waals surface area contributed by atoms with E-state index < -0.39 is 0 Å². The Morgan fingerprint density at radius 2 is 2.12 bits per heavy atom. The Balaban J connectivity index is 2.49. The second kappa shape index (κ2) is 6.63. The summed E-state index contributed by atoms with van der Waals surface area (Å²) < 4.78 is 5.21. The van der Waals surface area contributed by atoms with Gasteiger partial charge in [0, 0.05) is 12.8 Å². The van der Waals surface area contributed by atoms with Gasteiger partial charge < -0.3 is 10.3 Å². The van der Waals surface area contributed by atoms with E-state index in [0.29, 0.717) is 18.4 Å². The van der Waals surface area contributed by atoms with Crippen LogP contribution in [0.4, 0.5) is 0 Å². The van der Waals surface area contributed by atoms with Crippen LogP contribution in [-0.4, -0.2) is 16.7 Å². The third-order valence-corrected chi connectivity index (χ3v) is 2.59. The third kappa shape index (κ3) is 4.31. The zero-order valence-corrected chi connectivity index (χ0v) is 10.6. The van der Waals surface area contributed by atoms with Crippen molar-refractivity contribution in [2.45, 2.75) is 46.5 Å². The molecule has 0 aromatic carbocycles. The predicted octanol–water partition coefficient (Wildman–Crippen LogP) is 2.19. The Bertz CT molecular complexity index is 296. The highest BCUT2D eigenvalue weighted by Gasteiger charge is 2.14. The molecule has 4 nitrogen and oxygen atoms in total. The lowest BCUT2D eigenvalue weighted by Crippen LogP contribution is -2.19. The first-order valence-corrected chi connectivity index (χ1v) is 6.17. The molecule has 0 saturated heterocycles. The molecule has 2 N–H and O–H groups in total. The second-order valence-electron chi connectivity index (χ2n) is 4.79. The van der Waals surface area contributed by atoms with Gasteiger partial charge >= 0.3 is 0 Å². The topological polar surface area (TPSA) is 64.9 Å². The van der Waals surface area contributed by atoms with Crippen molar-refractivity contribution in [3.05, 3.63) is 11.7 Å². The molecule has 0 amide bonds. The first-order chi connectivity index (χ1) is 7.65. The highest BCUT2D eigenvalue weighted by Crippen LogP contribution is 2.15. The van der Waals surface area contributed by atoms with E-state index in [-0.39, 0.29) is 0 Å². The Morgan fingerprint density at radius 1 is 1.38 bits per heavy atom. The van der Waals surface area contributed by atoms with Crippen molar-refractivity contribution >= 4 is 0 Å². The lowest BCUT2D eigenvalue weighted by atomic mass is 9.94. The van der Waals surface area contributed by atoms with Crippen LogP contribution in [0.1, 0.15) is 45.3 Å². The highest BCUT2D eigenvalue weighted by molar-refractivity contribution is 4.88. The maximum atomic E-state index is 5.74. The van der Waals surface area contributed by atoms with Crippen LogP contribution < -0.4 is 5.73 Å². The fourth-order valence-electron chi connectivity index (χ4n) is 1.87. The molecule has 0 saturated carbocycles. The van der Waals surface area contributed by atoms with E-state index >= 15 is 0 Å². The number of nitrogens with zero attached hydrogens (tertiary/aromatic N) is 2. The quantitative estimate of drug-likeness (QED) is 0.772. The molecule has 0 aliphatic rings. The minimum absolute atomic E-state index is 0.454. The standard InChI is InChI=1S/C12H23N3O/c1-4-5-11-14-12(16-15-11)7-10(8-13)6-9(2)3/h9-10H,4-8,13H2,1-3H3. The summed E-state index contributed by atoms with van der Waals surface area (Å²) in [7, 11) is 0. The number of aryl methyl sites for hydroxylation is 1. The lowest BCUT2D eigenvalue weighted by Gasteiger charge is -2.14. The smallest absolute Gasteiger partial charge is 0.226 e. The molecule has 0 aliphatic heterocycles. The first kappa shape index (κ1) is 13.2. The van der Waals surface area contributed by atoms with Crippen LogP contribution in [-0.2, 0) is 12.8 Å². The summed E-state index contributed by atoms with van der Waals surface area (Å²) >= 11 is 0. The fraction of sp³-hybridized carbons (Fsp3) is 0.833. The van der Waals surface area contributed by atoms with Crippen molar-refractivity contribution < 1.29 is 4.52 Å². The van der Waals surface area contributed by atoms with Crippen LogP contribution in [0.5, 0.6) is 0 Å². The predicted molar refractivity (Wildman–Crippen MR) is 64.0 cm³/mol. The molecule has 1 atom stereocenters. The number of hydrogen-bond donors (Lipinski definition) is 1. The van der Waals surface area contributed by atoms with Gasteiger partial charge in [-0.2, -0.15) is 4.98 Å². The Kier molecular flexibility index (Phi) is 5.46. The molecular weight excluding hydrogens is 202 g/mol.